The number of carbonyl (C=O) groups excluding carboxylic acids is 2. The fraction of sp³-hybridized carbons (Fsp3) is 0.292. The molecule has 0 saturated carbocycles. The number of aromatic nitrogens is 2. The van der Waals surface area contributed by atoms with Crippen LogP contribution in [0.4, 0.5) is 4.39 Å². The first-order valence-corrected chi connectivity index (χ1v) is 10.4. The molecule has 2 aromatic carbocycles. The number of carbonyl (C=O) groups is 2. The number of nitrogens with zero attached hydrogens (tertiary/aromatic N) is 3. The van der Waals surface area contributed by atoms with Crippen molar-refractivity contribution in [3.8, 4) is 0 Å². The molecule has 2 heterocycles. The van der Waals surface area contributed by atoms with Gasteiger partial charge in [-0.1, -0.05) is 42.0 Å². The summed E-state index contributed by atoms with van der Waals surface area (Å²) in [7, 11) is 0. The maximum atomic E-state index is 13.2. The number of halogens is 1. The third-order valence-corrected chi connectivity index (χ3v) is 5.39. The molecule has 31 heavy (non-hydrogen) atoms. The number of rotatable bonds is 6. The van der Waals surface area contributed by atoms with Crippen LogP contribution in [0.5, 0.6) is 0 Å². The Bertz CT molecular complexity index is 1090. The van der Waals surface area contributed by atoms with E-state index in [1.165, 1.54) is 17.7 Å². The van der Waals surface area contributed by atoms with Gasteiger partial charge in [0.05, 0.1) is 0 Å². The van der Waals surface area contributed by atoms with Crippen molar-refractivity contribution in [1.29, 1.82) is 0 Å². The van der Waals surface area contributed by atoms with Crippen molar-refractivity contribution >= 4 is 11.8 Å². The van der Waals surface area contributed by atoms with Crippen molar-refractivity contribution in [3.63, 3.8) is 0 Å². The first kappa shape index (κ1) is 20.8. The molecule has 6 nitrogen and oxygen atoms in total. The summed E-state index contributed by atoms with van der Waals surface area (Å²) in [5.41, 5.74) is 3.86. The number of benzene rings is 2. The third-order valence-electron chi connectivity index (χ3n) is 5.39. The number of aryl methyl sites for hydroxylation is 2. The lowest BCUT2D eigenvalue weighted by atomic mass is 10.1. The molecule has 0 aliphatic carbocycles. The fourth-order valence-electron chi connectivity index (χ4n) is 3.78. The highest BCUT2D eigenvalue weighted by Gasteiger charge is 2.26. The van der Waals surface area contributed by atoms with Crippen molar-refractivity contribution in [3.05, 3.63) is 88.5 Å². The summed E-state index contributed by atoms with van der Waals surface area (Å²) in [6.07, 6.45) is 1.46. The predicted molar refractivity (Wildman–Crippen MR) is 115 cm³/mol. The average Bonchev–Trinajstić information content (AvgIpc) is 3.12. The molecule has 1 aliphatic heterocycles. The second kappa shape index (κ2) is 9.12. The maximum absolute atomic E-state index is 13.2. The van der Waals surface area contributed by atoms with Gasteiger partial charge in [0.25, 0.3) is 11.8 Å². The quantitative estimate of drug-likeness (QED) is 0.665. The number of fused-ring (bicyclic) bond motifs is 1. The van der Waals surface area contributed by atoms with Crippen LogP contribution in [0.2, 0.25) is 0 Å². The molecule has 0 bridgehead atoms. The van der Waals surface area contributed by atoms with Crippen molar-refractivity contribution in [2.24, 2.45) is 0 Å². The Hall–Kier alpha value is -3.48. The highest BCUT2D eigenvalue weighted by atomic mass is 19.1. The number of amides is 2. The van der Waals surface area contributed by atoms with Crippen molar-refractivity contribution in [1.82, 2.24) is 20.0 Å². The van der Waals surface area contributed by atoms with Crippen molar-refractivity contribution in [2.45, 2.75) is 32.9 Å². The van der Waals surface area contributed by atoms with Crippen molar-refractivity contribution < 1.29 is 14.0 Å². The van der Waals surface area contributed by atoms with E-state index >= 15 is 0 Å². The molecule has 0 saturated heterocycles. The Balaban J connectivity index is 1.41. The molecule has 4 rings (SSSR count). The topological polar surface area (TPSA) is 67.2 Å². The molecular weight excluding hydrogens is 395 g/mol. The van der Waals surface area contributed by atoms with E-state index in [1.807, 2.05) is 25.1 Å². The smallest absolute Gasteiger partial charge is 0.272 e. The minimum Gasteiger partial charge on any atom is -0.350 e. The molecule has 1 aliphatic rings. The zero-order valence-corrected chi connectivity index (χ0v) is 17.5. The number of hydrogen-bond donors (Lipinski definition) is 1. The normalized spacial score (nSPS) is 13.6. The predicted octanol–water partition coefficient (Wildman–Crippen LogP) is 3.35. The van der Waals surface area contributed by atoms with Gasteiger partial charge >= 0.3 is 0 Å². The Labute approximate surface area is 180 Å². The molecule has 7 heteroatoms. The first-order valence-electron chi connectivity index (χ1n) is 10.4. The largest absolute Gasteiger partial charge is 0.350 e. The van der Waals surface area contributed by atoms with Gasteiger partial charge in [-0.25, -0.2) is 4.39 Å². The summed E-state index contributed by atoms with van der Waals surface area (Å²) in [4.78, 5) is 27.3. The highest BCUT2D eigenvalue weighted by molar-refractivity contribution is 5.98. The van der Waals surface area contributed by atoms with E-state index in [0.717, 1.165) is 24.0 Å². The van der Waals surface area contributed by atoms with Gasteiger partial charge in [-0.05, 0) is 43.0 Å². The van der Waals surface area contributed by atoms with Crippen LogP contribution in [-0.4, -0.2) is 39.6 Å². The summed E-state index contributed by atoms with van der Waals surface area (Å²) in [5.74, 6) is -0.763. The van der Waals surface area contributed by atoms with Crippen LogP contribution in [0.3, 0.4) is 0 Å². The van der Waals surface area contributed by atoms with E-state index in [2.05, 4.69) is 16.5 Å². The highest BCUT2D eigenvalue weighted by Crippen LogP contribution is 2.17. The van der Waals surface area contributed by atoms with E-state index in [0.29, 0.717) is 31.9 Å². The summed E-state index contributed by atoms with van der Waals surface area (Å²) < 4.78 is 14.8. The standard InChI is InChI=1S/C24H25FN4O2/c1-17-4-2-5-18(14-17)10-11-26-23(30)21-15-22-24(31)28(12-3-13-29(22)27-21)16-19-6-8-20(25)9-7-19/h2,4-9,14-15H,3,10-13,16H2,1H3,(H,26,30). The van der Waals surface area contributed by atoms with E-state index in [1.54, 1.807) is 27.8 Å². The lowest BCUT2D eigenvalue weighted by Crippen LogP contribution is -2.30. The number of hydrogen-bond acceptors (Lipinski definition) is 3. The van der Waals surface area contributed by atoms with Crippen LogP contribution in [0, 0.1) is 12.7 Å². The molecule has 0 fully saturated rings. The summed E-state index contributed by atoms with van der Waals surface area (Å²) in [5, 5.41) is 7.25. The van der Waals surface area contributed by atoms with Crippen LogP contribution in [0.1, 0.15) is 44.1 Å². The molecule has 0 spiro atoms. The average molecular weight is 420 g/mol. The molecule has 0 atom stereocenters. The molecule has 2 amide bonds. The minimum absolute atomic E-state index is 0.173. The lowest BCUT2D eigenvalue weighted by molar-refractivity contribution is 0.0745. The second-order valence-corrected chi connectivity index (χ2v) is 7.84. The van der Waals surface area contributed by atoms with E-state index in [-0.39, 0.29) is 23.3 Å². The van der Waals surface area contributed by atoms with Crippen LogP contribution >= 0.6 is 0 Å². The van der Waals surface area contributed by atoms with Crippen molar-refractivity contribution in [2.75, 3.05) is 13.1 Å². The van der Waals surface area contributed by atoms with E-state index < -0.39 is 0 Å². The maximum Gasteiger partial charge on any atom is 0.272 e. The molecule has 0 unspecified atom stereocenters. The molecule has 0 radical (unpaired) electrons. The fourth-order valence-corrected chi connectivity index (χ4v) is 3.78. The monoisotopic (exact) mass is 420 g/mol. The second-order valence-electron chi connectivity index (χ2n) is 7.84. The minimum atomic E-state index is -0.304. The summed E-state index contributed by atoms with van der Waals surface area (Å²) in [6, 6.07) is 15.9. The Morgan fingerprint density at radius 2 is 1.90 bits per heavy atom. The number of nitrogens with one attached hydrogen (secondary N) is 1. The zero-order chi connectivity index (χ0) is 21.8. The van der Waals surface area contributed by atoms with Gasteiger partial charge in [-0.2, -0.15) is 5.10 Å². The van der Waals surface area contributed by atoms with Gasteiger partial charge in [0.2, 0.25) is 0 Å². The van der Waals surface area contributed by atoms with Crippen LogP contribution in [0.25, 0.3) is 0 Å². The van der Waals surface area contributed by atoms with Gasteiger partial charge in [0.1, 0.15) is 11.5 Å². The van der Waals surface area contributed by atoms with E-state index in [4.69, 9.17) is 0 Å². The Kier molecular flexibility index (Phi) is 6.11. The van der Waals surface area contributed by atoms with Gasteiger partial charge in [-0.3, -0.25) is 14.3 Å². The third kappa shape index (κ3) is 4.99. The molecule has 1 aromatic heterocycles. The van der Waals surface area contributed by atoms with Gasteiger partial charge < -0.3 is 10.2 Å². The SMILES string of the molecule is Cc1cccc(CCNC(=O)c2cc3n(n2)CCCN(Cc2ccc(F)cc2)C3=O)c1. The molecule has 3 aromatic rings. The molecule has 1 N–H and O–H groups in total. The Morgan fingerprint density at radius 1 is 1.10 bits per heavy atom. The zero-order valence-electron chi connectivity index (χ0n) is 17.5. The van der Waals surface area contributed by atoms with Gasteiger partial charge in [0, 0.05) is 32.2 Å². The van der Waals surface area contributed by atoms with Crippen LogP contribution in [0.15, 0.2) is 54.6 Å². The van der Waals surface area contributed by atoms with E-state index in [9.17, 15) is 14.0 Å². The lowest BCUT2D eigenvalue weighted by Gasteiger charge is -2.20. The van der Waals surface area contributed by atoms with Crippen LogP contribution in [-0.2, 0) is 19.5 Å². The first-order chi connectivity index (χ1) is 15.0. The summed E-state index contributed by atoms with van der Waals surface area (Å²) >= 11 is 0. The molecule has 160 valence electrons. The van der Waals surface area contributed by atoms with Gasteiger partial charge in [-0.15, -0.1) is 0 Å². The molecular formula is C24H25FN4O2. The van der Waals surface area contributed by atoms with Crippen LogP contribution < -0.4 is 5.32 Å². The van der Waals surface area contributed by atoms with Gasteiger partial charge in [0.15, 0.2) is 5.69 Å². The summed E-state index contributed by atoms with van der Waals surface area (Å²) in [6.45, 7) is 4.07. The Morgan fingerprint density at radius 3 is 2.68 bits per heavy atom.